The summed E-state index contributed by atoms with van der Waals surface area (Å²) in [5.41, 5.74) is 5.40. The second kappa shape index (κ2) is 4.63. The average Bonchev–Trinajstić information content (AvgIpc) is 2.66. The van der Waals surface area contributed by atoms with Gasteiger partial charge in [0.2, 0.25) is 5.13 Å². The Morgan fingerprint density at radius 2 is 2.25 bits per heavy atom. The van der Waals surface area contributed by atoms with Gasteiger partial charge < -0.3 is 10.5 Å². The zero-order chi connectivity index (χ0) is 11.5. The van der Waals surface area contributed by atoms with Gasteiger partial charge in [-0.05, 0) is 12.1 Å². The van der Waals surface area contributed by atoms with Crippen LogP contribution in [0.25, 0.3) is 0 Å². The van der Waals surface area contributed by atoms with Gasteiger partial charge in [-0.15, -0.1) is 10.2 Å². The first kappa shape index (κ1) is 11.1. The molecule has 0 saturated heterocycles. The van der Waals surface area contributed by atoms with Gasteiger partial charge in [0, 0.05) is 6.07 Å². The van der Waals surface area contributed by atoms with E-state index < -0.39 is 5.82 Å². The molecule has 2 rings (SSSR count). The predicted molar refractivity (Wildman–Crippen MR) is 60.1 cm³/mol. The highest BCUT2D eigenvalue weighted by atomic mass is 35.5. The molecule has 2 aromatic rings. The Bertz CT molecular complexity index is 505. The smallest absolute Gasteiger partial charge is 0.203 e. The van der Waals surface area contributed by atoms with Gasteiger partial charge >= 0.3 is 0 Å². The van der Waals surface area contributed by atoms with E-state index in [0.717, 1.165) is 0 Å². The van der Waals surface area contributed by atoms with Crippen LogP contribution in [0.2, 0.25) is 5.02 Å². The van der Waals surface area contributed by atoms with Crippen LogP contribution in [0, 0.1) is 5.82 Å². The normalized spacial score (nSPS) is 10.4. The minimum absolute atomic E-state index is 0.0625. The van der Waals surface area contributed by atoms with E-state index >= 15 is 0 Å². The molecule has 0 aliphatic rings. The van der Waals surface area contributed by atoms with Crippen LogP contribution in [-0.4, -0.2) is 10.2 Å². The molecule has 0 saturated carbocycles. The van der Waals surface area contributed by atoms with Crippen LogP contribution >= 0.6 is 22.9 Å². The first-order valence-electron chi connectivity index (χ1n) is 4.31. The predicted octanol–water partition coefficient (Wildman–Crippen LogP) is 2.49. The lowest BCUT2D eigenvalue weighted by Gasteiger charge is -2.03. The fraction of sp³-hybridized carbons (Fsp3) is 0.111. The number of benzene rings is 1. The quantitative estimate of drug-likeness (QED) is 0.920. The first-order valence-corrected chi connectivity index (χ1v) is 5.50. The largest absolute Gasteiger partial charge is 0.486 e. The van der Waals surface area contributed by atoms with Crippen molar-refractivity contribution in [2.75, 3.05) is 5.73 Å². The maximum atomic E-state index is 13.1. The molecular weight excluding hydrogens is 253 g/mol. The van der Waals surface area contributed by atoms with Crippen molar-refractivity contribution < 1.29 is 9.13 Å². The molecule has 0 amide bonds. The highest BCUT2D eigenvalue weighted by Gasteiger charge is 2.04. The number of rotatable bonds is 3. The third-order valence-electron chi connectivity index (χ3n) is 1.74. The van der Waals surface area contributed by atoms with Gasteiger partial charge in [-0.1, -0.05) is 22.9 Å². The summed E-state index contributed by atoms with van der Waals surface area (Å²) in [5, 5.41) is 8.47. The zero-order valence-corrected chi connectivity index (χ0v) is 9.56. The maximum Gasteiger partial charge on any atom is 0.203 e. The van der Waals surface area contributed by atoms with Crippen molar-refractivity contribution in [2.24, 2.45) is 0 Å². The number of ether oxygens (including phenoxy) is 1. The van der Waals surface area contributed by atoms with Gasteiger partial charge in [0.15, 0.2) is 5.01 Å². The average molecular weight is 260 g/mol. The van der Waals surface area contributed by atoms with Gasteiger partial charge in [-0.2, -0.15) is 0 Å². The van der Waals surface area contributed by atoms with Crippen molar-refractivity contribution in [3.05, 3.63) is 34.0 Å². The molecule has 1 heterocycles. The number of anilines is 1. The molecule has 16 heavy (non-hydrogen) atoms. The summed E-state index contributed by atoms with van der Waals surface area (Å²) in [5.74, 6) is -0.133. The molecule has 0 fully saturated rings. The molecule has 2 N–H and O–H groups in total. The van der Waals surface area contributed by atoms with Crippen LogP contribution in [0.4, 0.5) is 9.52 Å². The number of nitrogens with zero attached hydrogens (tertiary/aromatic N) is 2. The van der Waals surface area contributed by atoms with Crippen molar-refractivity contribution in [2.45, 2.75) is 6.61 Å². The lowest BCUT2D eigenvalue weighted by Crippen LogP contribution is -1.95. The van der Waals surface area contributed by atoms with Crippen molar-refractivity contribution in [1.82, 2.24) is 10.2 Å². The Morgan fingerprint density at radius 1 is 1.44 bits per heavy atom. The molecule has 1 aromatic carbocycles. The minimum Gasteiger partial charge on any atom is -0.486 e. The van der Waals surface area contributed by atoms with Gasteiger partial charge in [0.05, 0.1) is 5.02 Å². The summed E-state index contributed by atoms with van der Waals surface area (Å²) < 4.78 is 18.3. The number of hydrogen-bond donors (Lipinski definition) is 1. The zero-order valence-electron chi connectivity index (χ0n) is 7.98. The molecule has 4 nitrogen and oxygen atoms in total. The lowest BCUT2D eigenvalue weighted by atomic mass is 10.3. The van der Waals surface area contributed by atoms with Crippen LogP contribution in [0.1, 0.15) is 5.01 Å². The Morgan fingerprint density at radius 3 is 2.88 bits per heavy atom. The SMILES string of the molecule is Nc1nnc(COc2ccc(Cl)c(F)c2)s1. The van der Waals surface area contributed by atoms with Crippen LogP contribution in [0.15, 0.2) is 18.2 Å². The maximum absolute atomic E-state index is 13.1. The molecule has 0 radical (unpaired) electrons. The summed E-state index contributed by atoms with van der Waals surface area (Å²) >= 11 is 6.76. The van der Waals surface area contributed by atoms with E-state index in [2.05, 4.69) is 10.2 Å². The topological polar surface area (TPSA) is 61.0 Å². The van der Waals surface area contributed by atoms with Crippen LogP contribution in [-0.2, 0) is 6.61 Å². The van der Waals surface area contributed by atoms with Crippen LogP contribution in [0.3, 0.4) is 0 Å². The molecule has 1 aromatic heterocycles. The van der Waals surface area contributed by atoms with Crippen molar-refractivity contribution >= 4 is 28.1 Å². The van der Waals surface area contributed by atoms with Crippen molar-refractivity contribution in [1.29, 1.82) is 0 Å². The lowest BCUT2D eigenvalue weighted by molar-refractivity contribution is 0.303. The highest BCUT2D eigenvalue weighted by Crippen LogP contribution is 2.21. The summed E-state index contributed by atoms with van der Waals surface area (Å²) in [6.07, 6.45) is 0. The first-order chi connectivity index (χ1) is 7.65. The van der Waals surface area contributed by atoms with Crippen molar-refractivity contribution in [3.8, 4) is 5.75 Å². The van der Waals surface area contributed by atoms with Crippen molar-refractivity contribution in [3.63, 3.8) is 0 Å². The fourth-order valence-electron chi connectivity index (χ4n) is 1.04. The molecule has 7 heteroatoms. The fourth-order valence-corrected chi connectivity index (χ4v) is 1.68. The third kappa shape index (κ3) is 2.59. The van der Waals surface area contributed by atoms with Gasteiger partial charge in [0.25, 0.3) is 0 Å². The van der Waals surface area contributed by atoms with Crippen LogP contribution < -0.4 is 10.5 Å². The monoisotopic (exact) mass is 259 g/mol. The van der Waals surface area contributed by atoms with Gasteiger partial charge in [0.1, 0.15) is 18.2 Å². The molecule has 0 spiro atoms. The second-order valence-corrected chi connectivity index (χ2v) is 4.40. The molecule has 0 atom stereocenters. The van der Waals surface area contributed by atoms with E-state index in [4.69, 9.17) is 22.1 Å². The van der Waals surface area contributed by atoms with E-state index in [1.54, 1.807) is 6.07 Å². The molecule has 0 aliphatic heterocycles. The Balaban J connectivity index is 2.02. The third-order valence-corrected chi connectivity index (χ3v) is 2.77. The molecule has 84 valence electrons. The Kier molecular flexibility index (Phi) is 3.21. The van der Waals surface area contributed by atoms with E-state index in [-0.39, 0.29) is 11.6 Å². The van der Waals surface area contributed by atoms with Gasteiger partial charge in [-0.3, -0.25) is 0 Å². The second-order valence-electron chi connectivity index (χ2n) is 2.90. The van der Waals surface area contributed by atoms with E-state index in [0.29, 0.717) is 15.9 Å². The standard InChI is InChI=1S/C9H7ClFN3OS/c10-6-2-1-5(3-7(6)11)15-4-8-13-14-9(12)16-8/h1-3H,4H2,(H2,12,14). The van der Waals surface area contributed by atoms with Crippen LogP contribution in [0.5, 0.6) is 5.75 Å². The van der Waals surface area contributed by atoms with Gasteiger partial charge in [-0.25, -0.2) is 4.39 Å². The number of halogens is 2. The van der Waals surface area contributed by atoms with E-state index in [1.807, 2.05) is 0 Å². The number of nitrogens with two attached hydrogens (primary N) is 1. The van der Waals surface area contributed by atoms with E-state index in [1.165, 1.54) is 23.5 Å². The molecule has 0 aliphatic carbocycles. The minimum atomic E-state index is -0.518. The summed E-state index contributed by atoms with van der Waals surface area (Å²) in [6, 6.07) is 4.23. The summed E-state index contributed by atoms with van der Waals surface area (Å²) in [6.45, 7) is 0.204. The number of hydrogen-bond acceptors (Lipinski definition) is 5. The summed E-state index contributed by atoms with van der Waals surface area (Å²) in [4.78, 5) is 0. The molecular formula is C9H7ClFN3OS. The van der Waals surface area contributed by atoms with E-state index in [9.17, 15) is 4.39 Å². The highest BCUT2D eigenvalue weighted by molar-refractivity contribution is 7.15. The Labute approximate surface area is 99.8 Å². The number of nitrogen functional groups attached to an aromatic ring is 1. The Hall–Kier alpha value is -1.40. The molecule has 0 bridgehead atoms. The number of aromatic nitrogens is 2. The molecule has 0 unspecified atom stereocenters. The summed E-state index contributed by atoms with van der Waals surface area (Å²) in [7, 11) is 0.